The van der Waals surface area contributed by atoms with Crippen molar-refractivity contribution in [3.05, 3.63) is 0 Å². The minimum absolute atomic E-state index is 0.0595. The number of carbonyl (C=O) groups excluding carboxylic acids is 2. The molecular weight excluding hydrogens is 280 g/mol. The lowest BCUT2D eigenvalue weighted by atomic mass is 10.2. The average molecular weight is 310 g/mol. The first-order valence-corrected chi connectivity index (χ1v) is 8.46. The molecule has 0 bridgehead atoms. The molecular formula is C16H30N4O2. The van der Waals surface area contributed by atoms with E-state index in [-0.39, 0.29) is 23.7 Å². The van der Waals surface area contributed by atoms with Crippen LogP contribution in [-0.4, -0.2) is 86.4 Å². The van der Waals surface area contributed by atoms with E-state index in [0.29, 0.717) is 6.54 Å². The quantitative estimate of drug-likeness (QED) is 0.665. The van der Waals surface area contributed by atoms with E-state index in [1.54, 1.807) is 0 Å². The van der Waals surface area contributed by atoms with Crippen molar-refractivity contribution in [1.82, 2.24) is 20.0 Å². The van der Waals surface area contributed by atoms with Gasteiger partial charge in [-0.1, -0.05) is 6.92 Å². The summed E-state index contributed by atoms with van der Waals surface area (Å²) in [4.78, 5) is 30.8. The van der Waals surface area contributed by atoms with Gasteiger partial charge in [0.1, 0.15) is 0 Å². The van der Waals surface area contributed by atoms with Crippen molar-refractivity contribution in [1.29, 1.82) is 0 Å². The average Bonchev–Trinajstić information content (AvgIpc) is 3.31. The van der Waals surface area contributed by atoms with Crippen molar-refractivity contribution in [3.63, 3.8) is 0 Å². The molecule has 2 aliphatic rings. The van der Waals surface area contributed by atoms with E-state index in [4.69, 9.17) is 0 Å². The zero-order chi connectivity index (χ0) is 16.1. The lowest BCUT2D eigenvalue weighted by Gasteiger charge is -2.34. The summed E-state index contributed by atoms with van der Waals surface area (Å²) in [5.41, 5.74) is 0. The molecule has 2 atom stereocenters. The molecule has 0 spiro atoms. The molecule has 1 aliphatic carbocycles. The Balaban J connectivity index is 1.66. The summed E-state index contributed by atoms with van der Waals surface area (Å²) in [6.45, 7) is 8.38. The number of piperazine rings is 1. The van der Waals surface area contributed by atoms with Gasteiger partial charge in [0.05, 0.1) is 11.8 Å². The maximum Gasteiger partial charge on any atom is 0.226 e. The maximum atomic E-state index is 12.4. The molecule has 22 heavy (non-hydrogen) atoms. The van der Waals surface area contributed by atoms with E-state index < -0.39 is 0 Å². The minimum Gasteiger partial charge on any atom is -0.356 e. The summed E-state index contributed by atoms with van der Waals surface area (Å²) >= 11 is 0. The summed E-state index contributed by atoms with van der Waals surface area (Å²) in [7, 11) is 4.05. The van der Waals surface area contributed by atoms with Crippen LogP contribution in [0.3, 0.4) is 0 Å². The fourth-order valence-corrected chi connectivity index (χ4v) is 3.01. The van der Waals surface area contributed by atoms with Crippen LogP contribution in [0, 0.1) is 11.8 Å². The van der Waals surface area contributed by atoms with E-state index in [1.807, 2.05) is 19.0 Å². The molecule has 2 fully saturated rings. The maximum absolute atomic E-state index is 12.4. The molecule has 6 heteroatoms. The van der Waals surface area contributed by atoms with E-state index >= 15 is 0 Å². The Morgan fingerprint density at radius 3 is 2.41 bits per heavy atom. The Bertz CT molecular complexity index is 392. The van der Waals surface area contributed by atoms with Gasteiger partial charge in [0.2, 0.25) is 11.8 Å². The Kier molecular flexibility index (Phi) is 6.20. The smallest absolute Gasteiger partial charge is 0.226 e. The van der Waals surface area contributed by atoms with Gasteiger partial charge >= 0.3 is 0 Å². The number of likely N-dealkylation sites (N-methyl/N-ethyl adjacent to an activating group) is 1. The number of rotatable bonds is 7. The molecule has 0 aromatic carbocycles. The highest BCUT2D eigenvalue weighted by atomic mass is 16.2. The standard InChI is InChI=1S/C16H30N4O2/c1-4-19-8-10-20(11-9-19)16(22)14-12-13(14)15(21)17-6-5-7-18(2)3/h13-14H,4-12H2,1-3H3,(H,17,21). The van der Waals surface area contributed by atoms with Crippen LogP contribution in [-0.2, 0) is 9.59 Å². The van der Waals surface area contributed by atoms with Crippen molar-refractivity contribution < 1.29 is 9.59 Å². The van der Waals surface area contributed by atoms with E-state index in [9.17, 15) is 9.59 Å². The van der Waals surface area contributed by atoms with Gasteiger partial charge in [-0.25, -0.2) is 0 Å². The van der Waals surface area contributed by atoms with E-state index in [1.165, 1.54) is 0 Å². The number of nitrogens with zero attached hydrogens (tertiary/aromatic N) is 3. The van der Waals surface area contributed by atoms with Crippen LogP contribution < -0.4 is 5.32 Å². The van der Waals surface area contributed by atoms with Crippen LogP contribution in [0.5, 0.6) is 0 Å². The summed E-state index contributed by atoms with van der Waals surface area (Å²) in [5, 5.41) is 2.96. The summed E-state index contributed by atoms with van der Waals surface area (Å²) in [5.74, 6) is 0.0894. The normalized spacial score (nSPS) is 25.4. The molecule has 2 unspecified atom stereocenters. The van der Waals surface area contributed by atoms with Crippen LogP contribution in [0.2, 0.25) is 0 Å². The number of amides is 2. The molecule has 0 radical (unpaired) electrons. The SMILES string of the molecule is CCN1CCN(C(=O)C2CC2C(=O)NCCCN(C)C)CC1. The zero-order valence-corrected chi connectivity index (χ0v) is 14.2. The highest BCUT2D eigenvalue weighted by Gasteiger charge is 2.49. The molecule has 126 valence electrons. The van der Waals surface area contributed by atoms with Crippen molar-refractivity contribution in [3.8, 4) is 0 Å². The second kappa shape index (κ2) is 7.92. The fourth-order valence-electron chi connectivity index (χ4n) is 3.01. The third kappa shape index (κ3) is 4.68. The van der Waals surface area contributed by atoms with Crippen molar-refractivity contribution in [2.24, 2.45) is 11.8 Å². The van der Waals surface area contributed by atoms with E-state index in [0.717, 1.165) is 52.1 Å². The van der Waals surface area contributed by atoms with Gasteiger partial charge in [0, 0.05) is 32.7 Å². The Morgan fingerprint density at radius 2 is 1.82 bits per heavy atom. The first-order valence-electron chi connectivity index (χ1n) is 8.46. The monoisotopic (exact) mass is 310 g/mol. The predicted octanol–water partition coefficient (Wildman–Crippen LogP) is -0.145. The van der Waals surface area contributed by atoms with Gasteiger partial charge in [-0.15, -0.1) is 0 Å². The number of nitrogens with one attached hydrogen (secondary N) is 1. The molecule has 1 heterocycles. The van der Waals surface area contributed by atoms with Gasteiger partial charge in [-0.3, -0.25) is 9.59 Å². The van der Waals surface area contributed by atoms with E-state index in [2.05, 4.69) is 22.0 Å². The van der Waals surface area contributed by atoms with Gasteiger partial charge in [0.15, 0.2) is 0 Å². The fraction of sp³-hybridized carbons (Fsp3) is 0.875. The van der Waals surface area contributed by atoms with Gasteiger partial charge in [-0.05, 0) is 40.0 Å². The Morgan fingerprint density at radius 1 is 1.14 bits per heavy atom. The molecule has 0 aromatic rings. The van der Waals surface area contributed by atoms with Crippen molar-refractivity contribution >= 4 is 11.8 Å². The van der Waals surface area contributed by atoms with Crippen molar-refractivity contribution in [2.75, 3.05) is 59.9 Å². The third-order valence-corrected chi connectivity index (χ3v) is 4.66. The lowest BCUT2D eigenvalue weighted by Crippen LogP contribution is -2.49. The Hall–Kier alpha value is -1.14. The van der Waals surface area contributed by atoms with Crippen LogP contribution >= 0.6 is 0 Å². The zero-order valence-electron chi connectivity index (χ0n) is 14.2. The van der Waals surface area contributed by atoms with Gasteiger partial charge < -0.3 is 20.0 Å². The highest BCUT2D eigenvalue weighted by molar-refractivity contribution is 5.92. The molecule has 1 aliphatic heterocycles. The molecule has 1 N–H and O–H groups in total. The molecule has 1 saturated carbocycles. The third-order valence-electron chi connectivity index (χ3n) is 4.66. The first-order chi connectivity index (χ1) is 10.5. The molecule has 2 rings (SSSR count). The summed E-state index contributed by atoms with van der Waals surface area (Å²) in [6, 6.07) is 0. The second-order valence-corrected chi connectivity index (χ2v) is 6.66. The predicted molar refractivity (Wildman–Crippen MR) is 86.5 cm³/mol. The van der Waals surface area contributed by atoms with Gasteiger partial charge in [0.25, 0.3) is 0 Å². The minimum atomic E-state index is -0.0870. The molecule has 0 aromatic heterocycles. The first kappa shape index (κ1) is 17.2. The number of hydrogen-bond acceptors (Lipinski definition) is 4. The topological polar surface area (TPSA) is 55.9 Å². The second-order valence-electron chi connectivity index (χ2n) is 6.66. The van der Waals surface area contributed by atoms with Crippen LogP contribution in [0.4, 0.5) is 0 Å². The number of carbonyl (C=O) groups is 2. The number of hydrogen-bond donors (Lipinski definition) is 1. The lowest BCUT2D eigenvalue weighted by molar-refractivity contribution is -0.136. The largest absolute Gasteiger partial charge is 0.356 e. The highest BCUT2D eigenvalue weighted by Crippen LogP contribution is 2.40. The van der Waals surface area contributed by atoms with Crippen LogP contribution in [0.1, 0.15) is 19.8 Å². The van der Waals surface area contributed by atoms with Crippen molar-refractivity contribution in [2.45, 2.75) is 19.8 Å². The molecule has 6 nitrogen and oxygen atoms in total. The molecule has 1 saturated heterocycles. The summed E-state index contributed by atoms with van der Waals surface area (Å²) in [6.07, 6.45) is 1.68. The van der Waals surface area contributed by atoms with Crippen LogP contribution in [0.25, 0.3) is 0 Å². The molecule has 2 amide bonds. The Labute approximate surface area is 133 Å². The van der Waals surface area contributed by atoms with Crippen LogP contribution in [0.15, 0.2) is 0 Å². The van der Waals surface area contributed by atoms with Gasteiger partial charge in [-0.2, -0.15) is 0 Å². The summed E-state index contributed by atoms with van der Waals surface area (Å²) < 4.78 is 0.